The van der Waals surface area contributed by atoms with Gasteiger partial charge < -0.3 is 10.4 Å². The van der Waals surface area contributed by atoms with Gasteiger partial charge in [-0.05, 0) is 30.9 Å². The first-order valence-corrected chi connectivity index (χ1v) is 7.51. The van der Waals surface area contributed by atoms with E-state index in [-0.39, 0.29) is 18.1 Å². The first-order valence-electron chi connectivity index (χ1n) is 7.51. The summed E-state index contributed by atoms with van der Waals surface area (Å²) in [6.07, 6.45) is 1.63. The molecule has 7 heteroatoms. The Balaban J connectivity index is 2.19. The SMILES string of the molecule is CCc1cccc(CC)c1NC(=O)Cn1nnc(C(=O)O)c1C. The maximum absolute atomic E-state index is 12.3. The standard InChI is InChI=1S/C16H20N4O3/c1-4-11-7-6-8-12(5-2)15(11)17-13(21)9-20-10(3)14(16(22)23)18-19-20/h6-8H,4-5,9H2,1-3H3,(H,17,21)(H,22,23). The molecular weight excluding hydrogens is 296 g/mol. The van der Waals surface area contributed by atoms with Crippen LogP contribution in [0.1, 0.15) is 41.2 Å². The van der Waals surface area contributed by atoms with Crippen LogP contribution in [0.15, 0.2) is 18.2 Å². The number of nitrogens with zero attached hydrogens (tertiary/aromatic N) is 3. The number of aromatic carboxylic acids is 1. The number of hydrogen-bond donors (Lipinski definition) is 2. The number of anilines is 1. The lowest BCUT2D eigenvalue weighted by Crippen LogP contribution is -2.22. The molecule has 0 atom stereocenters. The molecule has 1 aromatic heterocycles. The van der Waals surface area contributed by atoms with Crippen molar-refractivity contribution in [3.8, 4) is 0 Å². The summed E-state index contributed by atoms with van der Waals surface area (Å²) in [6, 6.07) is 5.95. The Morgan fingerprint density at radius 3 is 2.30 bits per heavy atom. The summed E-state index contributed by atoms with van der Waals surface area (Å²) < 4.78 is 1.29. The molecule has 0 radical (unpaired) electrons. The third kappa shape index (κ3) is 3.56. The number of aryl methyl sites for hydroxylation is 2. The van der Waals surface area contributed by atoms with Crippen LogP contribution in [-0.4, -0.2) is 32.0 Å². The molecule has 2 N–H and O–H groups in total. The Morgan fingerprint density at radius 2 is 1.83 bits per heavy atom. The number of hydrogen-bond acceptors (Lipinski definition) is 4. The summed E-state index contributed by atoms with van der Waals surface area (Å²) in [5, 5.41) is 19.2. The minimum Gasteiger partial charge on any atom is -0.476 e. The first kappa shape index (κ1) is 16.7. The Labute approximate surface area is 134 Å². The predicted octanol–water partition coefficient (Wildman–Crippen LogP) is 2.05. The highest BCUT2D eigenvalue weighted by Crippen LogP contribution is 2.22. The van der Waals surface area contributed by atoms with Gasteiger partial charge in [0.15, 0.2) is 5.69 Å². The molecule has 23 heavy (non-hydrogen) atoms. The fourth-order valence-electron chi connectivity index (χ4n) is 2.43. The van der Waals surface area contributed by atoms with E-state index < -0.39 is 5.97 Å². The highest BCUT2D eigenvalue weighted by molar-refractivity contribution is 5.92. The van der Waals surface area contributed by atoms with Crippen LogP contribution >= 0.6 is 0 Å². The normalized spacial score (nSPS) is 10.6. The largest absolute Gasteiger partial charge is 0.476 e. The average molecular weight is 316 g/mol. The number of nitrogens with one attached hydrogen (secondary N) is 1. The number of para-hydroxylation sites is 1. The monoisotopic (exact) mass is 316 g/mol. The van der Waals surface area contributed by atoms with Crippen LogP contribution < -0.4 is 5.32 Å². The molecule has 2 aromatic rings. The fourth-order valence-corrected chi connectivity index (χ4v) is 2.43. The predicted molar refractivity (Wildman–Crippen MR) is 85.5 cm³/mol. The molecule has 1 heterocycles. The molecular formula is C16H20N4O3. The van der Waals surface area contributed by atoms with Crippen molar-refractivity contribution in [2.24, 2.45) is 0 Å². The maximum atomic E-state index is 12.3. The smallest absolute Gasteiger partial charge is 0.358 e. The number of rotatable bonds is 6. The summed E-state index contributed by atoms with van der Waals surface area (Å²) in [7, 11) is 0. The van der Waals surface area contributed by atoms with Crippen LogP contribution in [0.25, 0.3) is 0 Å². The zero-order valence-electron chi connectivity index (χ0n) is 13.5. The van der Waals surface area contributed by atoms with Crippen LogP contribution in [-0.2, 0) is 24.2 Å². The lowest BCUT2D eigenvalue weighted by Gasteiger charge is -2.14. The summed E-state index contributed by atoms with van der Waals surface area (Å²) in [6.45, 7) is 5.57. The molecule has 0 aliphatic rings. The highest BCUT2D eigenvalue weighted by Gasteiger charge is 2.17. The van der Waals surface area contributed by atoms with Crippen molar-refractivity contribution in [3.05, 3.63) is 40.7 Å². The van der Waals surface area contributed by atoms with Gasteiger partial charge in [0.25, 0.3) is 0 Å². The van der Waals surface area contributed by atoms with E-state index in [1.54, 1.807) is 6.92 Å². The molecule has 0 aliphatic carbocycles. The summed E-state index contributed by atoms with van der Waals surface area (Å²) in [5.41, 5.74) is 3.19. The van der Waals surface area contributed by atoms with Crippen LogP contribution in [0.5, 0.6) is 0 Å². The molecule has 1 amide bonds. The molecule has 7 nitrogen and oxygen atoms in total. The van der Waals surface area contributed by atoms with Crippen LogP contribution in [0, 0.1) is 6.92 Å². The van der Waals surface area contributed by atoms with E-state index in [0.29, 0.717) is 5.69 Å². The maximum Gasteiger partial charge on any atom is 0.358 e. The van der Waals surface area contributed by atoms with Crippen molar-refractivity contribution in [3.63, 3.8) is 0 Å². The molecule has 0 spiro atoms. The zero-order chi connectivity index (χ0) is 17.0. The van der Waals surface area contributed by atoms with Gasteiger partial charge in [-0.1, -0.05) is 37.3 Å². The third-order valence-corrected chi connectivity index (χ3v) is 3.74. The quantitative estimate of drug-likeness (QED) is 0.850. The lowest BCUT2D eigenvalue weighted by molar-refractivity contribution is -0.117. The second-order valence-electron chi connectivity index (χ2n) is 5.19. The first-order chi connectivity index (χ1) is 11.0. The number of carbonyl (C=O) groups is 2. The summed E-state index contributed by atoms with van der Waals surface area (Å²) in [4.78, 5) is 23.3. The van der Waals surface area contributed by atoms with Crippen molar-refractivity contribution in [1.29, 1.82) is 0 Å². The Kier molecular flexibility index (Phi) is 5.10. The number of aromatic nitrogens is 3. The molecule has 0 saturated carbocycles. The minimum atomic E-state index is -1.15. The van der Waals surface area contributed by atoms with Crippen LogP contribution in [0.3, 0.4) is 0 Å². The van der Waals surface area contributed by atoms with E-state index in [1.165, 1.54) is 4.68 Å². The number of carbonyl (C=O) groups excluding carboxylic acids is 1. The fraction of sp³-hybridized carbons (Fsp3) is 0.375. The van der Waals surface area contributed by atoms with Gasteiger partial charge in [-0.15, -0.1) is 5.10 Å². The van der Waals surface area contributed by atoms with E-state index in [0.717, 1.165) is 29.7 Å². The number of carboxylic acids is 1. The molecule has 0 bridgehead atoms. The van der Waals surface area contributed by atoms with E-state index in [9.17, 15) is 9.59 Å². The summed E-state index contributed by atoms with van der Waals surface area (Å²) in [5.74, 6) is -1.41. The molecule has 1 aromatic carbocycles. The van der Waals surface area contributed by atoms with Gasteiger partial charge in [0.1, 0.15) is 6.54 Å². The van der Waals surface area contributed by atoms with Crippen molar-refractivity contribution in [2.45, 2.75) is 40.2 Å². The molecule has 122 valence electrons. The third-order valence-electron chi connectivity index (χ3n) is 3.74. The highest BCUT2D eigenvalue weighted by atomic mass is 16.4. The topological polar surface area (TPSA) is 97.1 Å². The molecule has 0 saturated heterocycles. The molecule has 0 aliphatic heterocycles. The van der Waals surface area contributed by atoms with Gasteiger partial charge in [0.05, 0.1) is 5.69 Å². The minimum absolute atomic E-state index is 0.0761. The Morgan fingerprint density at radius 1 is 1.22 bits per heavy atom. The van der Waals surface area contributed by atoms with E-state index >= 15 is 0 Å². The van der Waals surface area contributed by atoms with E-state index in [1.807, 2.05) is 32.0 Å². The van der Waals surface area contributed by atoms with Gasteiger partial charge in [-0.2, -0.15) is 0 Å². The summed E-state index contributed by atoms with van der Waals surface area (Å²) >= 11 is 0. The van der Waals surface area contributed by atoms with Gasteiger partial charge in [0.2, 0.25) is 5.91 Å². The number of carboxylic acid groups (broad SMARTS) is 1. The molecule has 0 unspecified atom stereocenters. The Hall–Kier alpha value is -2.70. The van der Waals surface area contributed by atoms with Crippen molar-refractivity contribution < 1.29 is 14.7 Å². The average Bonchev–Trinajstić information content (AvgIpc) is 2.88. The molecule has 0 fully saturated rings. The van der Waals surface area contributed by atoms with Crippen LogP contribution in [0.4, 0.5) is 5.69 Å². The van der Waals surface area contributed by atoms with E-state index in [2.05, 4.69) is 15.6 Å². The van der Waals surface area contributed by atoms with Crippen LogP contribution in [0.2, 0.25) is 0 Å². The van der Waals surface area contributed by atoms with Gasteiger partial charge in [0, 0.05) is 5.69 Å². The second-order valence-corrected chi connectivity index (χ2v) is 5.19. The number of amides is 1. The van der Waals surface area contributed by atoms with Crippen molar-refractivity contribution >= 4 is 17.6 Å². The van der Waals surface area contributed by atoms with E-state index in [4.69, 9.17) is 5.11 Å². The second kappa shape index (κ2) is 7.04. The van der Waals surface area contributed by atoms with Gasteiger partial charge in [-0.25, -0.2) is 9.48 Å². The van der Waals surface area contributed by atoms with Gasteiger partial charge in [-0.3, -0.25) is 4.79 Å². The van der Waals surface area contributed by atoms with Gasteiger partial charge >= 0.3 is 5.97 Å². The lowest BCUT2D eigenvalue weighted by atomic mass is 10.0. The Bertz CT molecular complexity index is 715. The van der Waals surface area contributed by atoms with Crippen molar-refractivity contribution in [2.75, 3.05) is 5.32 Å². The zero-order valence-corrected chi connectivity index (χ0v) is 13.5. The molecule has 2 rings (SSSR count). The number of benzene rings is 1. The van der Waals surface area contributed by atoms with Crippen molar-refractivity contribution in [1.82, 2.24) is 15.0 Å².